The van der Waals surface area contributed by atoms with Gasteiger partial charge in [-0.25, -0.2) is 9.36 Å². The van der Waals surface area contributed by atoms with E-state index in [1.54, 1.807) is 17.5 Å². The molecule has 0 aliphatic rings. The van der Waals surface area contributed by atoms with Crippen LogP contribution in [0.3, 0.4) is 0 Å². The Hall–Kier alpha value is -2.14. The Kier molecular flexibility index (Phi) is 2.41. The van der Waals surface area contributed by atoms with E-state index in [9.17, 15) is 9.59 Å². The summed E-state index contributed by atoms with van der Waals surface area (Å²) in [6.45, 7) is 1.92. The lowest BCUT2D eigenvalue weighted by Gasteiger charge is -2.05. The van der Waals surface area contributed by atoms with Crippen LogP contribution in [-0.4, -0.2) is 9.55 Å². The van der Waals surface area contributed by atoms with Gasteiger partial charge in [0.25, 0.3) is 5.56 Å². The summed E-state index contributed by atoms with van der Waals surface area (Å²) in [5, 5.41) is 1.79. The van der Waals surface area contributed by atoms with Crippen LogP contribution in [0.2, 0.25) is 0 Å². The molecule has 0 atom stereocenters. The lowest BCUT2D eigenvalue weighted by Crippen LogP contribution is -2.32. The molecule has 3 rings (SSSR count). The Morgan fingerprint density at radius 3 is 2.83 bits per heavy atom. The van der Waals surface area contributed by atoms with Crippen LogP contribution in [0.5, 0.6) is 0 Å². The van der Waals surface area contributed by atoms with Gasteiger partial charge in [-0.2, -0.15) is 0 Å². The minimum absolute atomic E-state index is 0.269. The van der Waals surface area contributed by atoms with E-state index in [2.05, 4.69) is 4.98 Å². The third-order valence-electron chi connectivity index (χ3n) is 2.77. The minimum atomic E-state index is -0.406. The number of benzene rings is 1. The lowest BCUT2D eigenvalue weighted by molar-refractivity contribution is 0.903. The third-order valence-corrected chi connectivity index (χ3v) is 3.67. The number of hydrogen-bond acceptors (Lipinski definition) is 3. The van der Waals surface area contributed by atoms with Gasteiger partial charge in [0.15, 0.2) is 0 Å². The second-order valence-electron chi connectivity index (χ2n) is 4.07. The molecule has 0 aliphatic heterocycles. The Bertz CT molecular complexity index is 842. The summed E-state index contributed by atoms with van der Waals surface area (Å²) < 4.78 is 1.74. The van der Waals surface area contributed by atoms with E-state index >= 15 is 0 Å². The largest absolute Gasteiger partial charge is 0.333 e. The normalized spacial score (nSPS) is 10.9. The van der Waals surface area contributed by atoms with E-state index in [4.69, 9.17) is 0 Å². The summed E-state index contributed by atoms with van der Waals surface area (Å²) in [6.07, 6.45) is 0. The fourth-order valence-electron chi connectivity index (χ4n) is 1.94. The molecule has 0 radical (unpaired) electrons. The molecular formula is C13H10N2O2S. The predicted octanol–water partition coefficient (Wildman–Crippen LogP) is 2.05. The molecule has 0 aliphatic carbocycles. The summed E-state index contributed by atoms with van der Waals surface area (Å²) in [4.78, 5) is 27.0. The minimum Gasteiger partial charge on any atom is -0.306 e. The van der Waals surface area contributed by atoms with E-state index in [1.165, 1.54) is 15.9 Å². The second-order valence-corrected chi connectivity index (χ2v) is 4.99. The molecule has 0 saturated heterocycles. The Labute approximate surface area is 106 Å². The zero-order valence-corrected chi connectivity index (χ0v) is 10.5. The van der Waals surface area contributed by atoms with Crippen molar-refractivity contribution < 1.29 is 0 Å². The topological polar surface area (TPSA) is 54.9 Å². The van der Waals surface area contributed by atoms with Crippen LogP contribution in [0.1, 0.15) is 5.56 Å². The average molecular weight is 258 g/mol. The van der Waals surface area contributed by atoms with E-state index in [-0.39, 0.29) is 5.56 Å². The van der Waals surface area contributed by atoms with Crippen LogP contribution in [0.25, 0.3) is 15.9 Å². The summed E-state index contributed by atoms with van der Waals surface area (Å²) in [5.74, 6) is 0. The van der Waals surface area contributed by atoms with E-state index in [0.29, 0.717) is 15.9 Å². The number of aromatic amines is 1. The molecule has 0 unspecified atom stereocenters. The van der Waals surface area contributed by atoms with E-state index in [1.807, 2.05) is 25.1 Å². The van der Waals surface area contributed by atoms with Gasteiger partial charge in [-0.15, -0.1) is 11.3 Å². The van der Waals surface area contributed by atoms with Crippen LogP contribution in [-0.2, 0) is 0 Å². The molecule has 0 bridgehead atoms. The zero-order chi connectivity index (χ0) is 12.7. The molecule has 0 amide bonds. The van der Waals surface area contributed by atoms with Gasteiger partial charge < -0.3 is 4.98 Å². The Morgan fingerprint density at radius 2 is 2.06 bits per heavy atom. The molecule has 2 heterocycles. The summed E-state index contributed by atoms with van der Waals surface area (Å²) in [5.41, 5.74) is 1.52. The number of H-pyrrole nitrogens is 1. The number of nitrogens with one attached hydrogen (secondary N) is 1. The Morgan fingerprint density at radius 1 is 1.22 bits per heavy atom. The maximum Gasteiger partial charge on any atom is 0.333 e. The zero-order valence-electron chi connectivity index (χ0n) is 9.64. The number of aromatic nitrogens is 2. The first-order valence-electron chi connectivity index (χ1n) is 5.46. The first kappa shape index (κ1) is 11.0. The number of hydrogen-bond donors (Lipinski definition) is 1. The van der Waals surface area contributed by atoms with Gasteiger partial charge in [0.2, 0.25) is 0 Å². The molecular weight excluding hydrogens is 248 g/mol. The molecule has 0 fully saturated rings. The SMILES string of the molecule is Cc1cccc(-n2c(=O)[nH]c3ccsc3c2=O)c1. The van der Waals surface area contributed by atoms with Gasteiger partial charge in [0.1, 0.15) is 4.70 Å². The van der Waals surface area contributed by atoms with Crippen molar-refractivity contribution in [3.63, 3.8) is 0 Å². The lowest BCUT2D eigenvalue weighted by atomic mass is 10.2. The van der Waals surface area contributed by atoms with Gasteiger partial charge in [0, 0.05) is 0 Å². The third kappa shape index (κ3) is 1.60. The van der Waals surface area contributed by atoms with Gasteiger partial charge in [0.05, 0.1) is 11.2 Å². The highest BCUT2D eigenvalue weighted by Gasteiger charge is 2.10. The first-order valence-corrected chi connectivity index (χ1v) is 6.34. The van der Waals surface area contributed by atoms with Gasteiger partial charge >= 0.3 is 5.69 Å². The van der Waals surface area contributed by atoms with Crippen molar-refractivity contribution in [1.29, 1.82) is 0 Å². The number of thiophene rings is 1. The smallest absolute Gasteiger partial charge is 0.306 e. The molecule has 1 aromatic carbocycles. The van der Waals surface area contributed by atoms with Crippen LogP contribution in [0.4, 0.5) is 0 Å². The molecule has 0 saturated carbocycles. The quantitative estimate of drug-likeness (QED) is 0.726. The Balaban J connectivity index is 2.42. The van der Waals surface area contributed by atoms with Crippen LogP contribution < -0.4 is 11.2 Å². The van der Waals surface area contributed by atoms with Crippen molar-refractivity contribution in [3.8, 4) is 5.69 Å². The number of rotatable bonds is 1. The monoisotopic (exact) mass is 258 g/mol. The van der Waals surface area contributed by atoms with Crippen molar-refractivity contribution in [2.24, 2.45) is 0 Å². The number of fused-ring (bicyclic) bond motifs is 1. The molecule has 0 spiro atoms. The standard InChI is InChI=1S/C13H10N2O2S/c1-8-3-2-4-9(7-8)15-12(16)11-10(5-6-18-11)14-13(15)17/h2-7H,1H3,(H,14,17). The van der Waals surface area contributed by atoms with Crippen molar-refractivity contribution in [2.45, 2.75) is 6.92 Å². The summed E-state index contributed by atoms with van der Waals surface area (Å²) in [6, 6.07) is 9.06. The van der Waals surface area contributed by atoms with Gasteiger partial charge in [-0.05, 0) is 36.1 Å². The van der Waals surface area contributed by atoms with E-state index < -0.39 is 5.69 Å². The first-order chi connectivity index (χ1) is 8.66. The number of aryl methyl sites for hydroxylation is 1. The van der Waals surface area contributed by atoms with Gasteiger partial charge in [-0.1, -0.05) is 12.1 Å². The fourth-order valence-corrected chi connectivity index (χ4v) is 2.72. The van der Waals surface area contributed by atoms with Crippen molar-refractivity contribution in [2.75, 3.05) is 0 Å². The molecule has 4 nitrogen and oxygen atoms in total. The maximum absolute atomic E-state index is 12.3. The number of nitrogens with zero attached hydrogens (tertiary/aromatic N) is 1. The molecule has 18 heavy (non-hydrogen) atoms. The maximum atomic E-state index is 12.3. The summed E-state index contributed by atoms with van der Waals surface area (Å²) in [7, 11) is 0. The van der Waals surface area contributed by atoms with Crippen LogP contribution in [0, 0.1) is 6.92 Å². The summed E-state index contributed by atoms with van der Waals surface area (Å²) >= 11 is 1.33. The van der Waals surface area contributed by atoms with E-state index in [0.717, 1.165) is 5.56 Å². The van der Waals surface area contributed by atoms with Crippen LogP contribution >= 0.6 is 11.3 Å². The van der Waals surface area contributed by atoms with Crippen LogP contribution in [0.15, 0.2) is 45.3 Å². The second kappa shape index (κ2) is 3.96. The van der Waals surface area contributed by atoms with Crippen molar-refractivity contribution >= 4 is 21.6 Å². The van der Waals surface area contributed by atoms with Gasteiger partial charge in [-0.3, -0.25) is 4.79 Å². The molecule has 3 aromatic rings. The van der Waals surface area contributed by atoms with Crippen molar-refractivity contribution in [3.05, 3.63) is 62.1 Å². The highest BCUT2D eigenvalue weighted by Crippen LogP contribution is 2.13. The van der Waals surface area contributed by atoms with Crippen molar-refractivity contribution in [1.82, 2.24) is 9.55 Å². The fraction of sp³-hybridized carbons (Fsp3) is 0.0769. The highest BCUT2D eigenvalue weighted by atomic mass is 32.1. The molecule has 5 heteroatoms. The highest BCUT2D eigenvalue weighted by molar-refractivity contribution is 7.17. The average Bonchev–Trinajstić information content (AvgIpc) is 2.77. The predicted molar refractivity (Wildman–Crippen MR) is 72.8 cm³/mol. The molecule has 90 valence electrons. The molecule has 1 N–H and O–H groups in total. The molecule has 2 aromatic heterocycles.